The highest BCUT2D eigenvalue weighted by molar-refractivity contribution is 5.91. The first-order chi connectivity index (χ1) is 11.7. The molecule has 0 bridgehead atoms. The zero-order valence-electron chi connectivity index (χ0n) is 13.9. The predicted molar refractivity (Wildman–Crippen MR) is 91.2 cm³/mol. The molecule has 3 rings (SSSR count). The van der Waals surface area contributed by atoms with E-state index in [2.05, 4.69) is 10.6 Å². The molecule has 0 aromatic heterocycles. The predicted octanol–water partition coefficient (Wildman–Crippen LogP) is 1.69. The summed E-state index contributed by atoms with van der Waals surface area (Å²) in [5.41, 5.74) is 0.736. The second kappa shape index (κ2) is 8.46. The lowest BCUT2D eigenvalue weighted by Gasteiger charge is -2.28. The normalized spacial score (nSPS) is 27.5. The molecule has 0 spiro atoms. The maximum atomic E-state index is 12.0. The number of amides is 1. The molecule has 1 aliphatic carbocycles. The van der Waals surface area contributed by atoms with E-state index < -0.39 is 0 Å². The van der Waals surface area contributed by atoms with Gasteiger partial charge in [0.15, 0.2) is 0 Å². The van der Waals surface area contributed by atoms with Crippen LogP contribution in [0.25, 0.3) is 0 Å². The third-order valence-corrected chi connectivity index (χ3v) is 4.51. The third kappa shape index (κ3) is 4.93. The largest absolute Gasteiger partial charge is 0.488 e. The Hall–Kier alpha value is -1.63. The molecule has 3 atom stereocenters. The molecule has 3 unspecified atom stereocenters. The summed E-state index contributed by atoms with van der Waals surface area (Å²) in [6.45, 7) is 2.20. The number of morpholine rings is 1. The standard InChI is InChI=1S/C18H26N2O4/c21-16-3-1-2-4-17(16)24-14-7-5-13(6-8-14)20-18(22)11-15-12-19-9-10-23-15/h5-8,15-17,19,21H,1-4,9-12H2,(H,20,22). The summed E-state index contributed by atoms with van der Waals surface area (Å²) in [4.78, 5) is 12.0. The summed E-state index contributed by atoms with van der Waals surface area (Å²) in [5.74, 6) is 0.666. The molecular weight excluding hydrogens is 308 g/mol. The third-order valence-electron chi connectivity index (χ3n) is 4.51. The molecule has 1 aliphatic heterocycles. The van der Waals surface area contributed by atoms with E-state index in [9.17, 15) is 9.90 Å². The van der Waals surface area contributed by atoms with E-state index in [4.69, 9.17) is 9.47 Å². The van der Waals surface area contributed by atoms with Gasteiger partial charge in [-0.2, -0.15) is 0 Å². The van der Waals surface area contributed by atoms with Gasteiger partial charge in [0.1, 0.15) is 11.9 Å². The minimum atomic E-state index is -0.387. The Morgan fingerprint density at radius 3 is 2.79 bits per heavy atom. The monoisotopic (exact) mass is 334 g/mol. The van der Waals surface area contributed by atoms with Crippen LogP contribution in [-0.4, -0.2) is 49.0 Å². The molecule has 1 saturated heterocycles. The summed E-state index contributed by atoms with van der Waals surface area (Å²) in [6.07, 6.45) is 3.61. The van der Waals surface area contributed by atoms with Crippen molar-refractivity contribution in [1.82, 2.24) is 5.32 Å². The second-order valence-electron chi connectivity index (χ2n) is 6.48. The Balaban J connectivity index is 1.47. The van der Waals surface area contributed by atoms with Gasteiger partial charge in [-0.05, 0) is 43.5 Å². The maximum absolute atomic E-state index is 12.0. The van der Waals surface area contributed by atoms with E-state index in [0.29, 0.717) is 19.6 Å². The Kier molecular flexibility index (Phi) is 6.07. The minimum absolute atomic E-state index is 0.0555. The Morgan fingerprint density at radius 2 is 2.08 bits per heavy atom. The maximum Gasteiger partial charge on any atom is 0.227 e. The van der Waals surface area contributed by atoms with Crippen LogP contribution in [0.2, 0.25) is 0 Å². The van der Waals surface area contributed by atoms with Gasteiger partial charge in [0.05, 0.1) is 25.2 Å². The molecule has 6 heteroatoms. The SMILES string of the molecule is O=C(CC1CNCCO1)Nc1ccc(OC2CCCCC2O)cc1. The van der Waals surface area contributed by atoms with Gasteiger partial charge in [0.2, 0.25) is 5.91 Å². The summed E-state index contributed by atoms with van der Waals surface area (Å²) in [6, 6.07) is 7.30. The molecule has 132 valence electrons. The lowest BCUT2D eigenvalue weighted by Crippen LogP contribution is -2.40. The molecule has 1 aromatic carbocycles. The van der Waals surface area contributed by atoms with Gasteiger partial charge in [0, 0.05) is 18.8 Å². The Labute approximate surface area is 142 Å². The van der Waals surface area contributed by atoms with Crippen molar-refractivity contribution in [3.63, 3.8) is 0 Å². The van der Waals surface area contributed by atoms with Crippen LogP contribution in [0.1, 0.15) is 32.1 Å². The number of anilines is 1. The van der Waals surface area contributed by atoms with E-state index in [1.54, 1.807) is 0 Å². The van der Waals surface area contributed by atoms with Gasteiger partial charge in [-0.3, -0.25) is 4.79 Å². The average molecular weight is 334 g/mol. The van der Waals surface area contributed by atoms with Gasteiger partial charge in [-0.1, -0.05) is 6.42 Å². The molecule has 3 N–H and O–H groups in total. The van der Waals surface area contributed by atoms with Crippen molar-refractivity contribution in [2.75, 3.05) is 25.0 Å². The highest BCUT2D eigenvalue weighted by Crippen LogP contribution is 2.25. The van der Waals surface area contributed by atoms with E-state index in [-0.39, 0.29) is 24.2 Å². The molecular formula is C18H26N2O4. The quantitative estimate of drug-likeness (QED) is 0.763. The molecule has 1 heterocycles. The summed E-state index contributed by atoms with van der Waals surface area (Å²) < 4.78 is 11.4. The molecule has 1 amide bonds. The van der Waals surface area contributed by atoms with Gasteiger partial charge in [0.25, 0.3) is 0 Å². The summed E-state index contributed by atoms with van der Waals surface area (Å²) >= 11 is 0. The molecule has 2 aliphatic rings. The molecule has 1 saturated carbocycles. The van der Waals surface area contributed by atoms with Crippen LogP contribution in [0, 0.1) is 0 Å². The number of rotatable bonds is 5. The number of ether oxygens (including phenoxy) is 2. The number of aliphatic hydroxyl groups is 1. The van der Waals surface area contributed by atoms with Crippen LogP contribution in [0.4, 0.5) is 5.69 Å². The van der Waals surface area contributed by atoms with Gasteiger partial charge in [-0.25, -0.2) is 0 Å². The fraction of sp³-hybridized carbons (Fsp3) is 0.611. The fourth-order valence-electron chi connectivity index (χ4n) is 3.18. The first-order valence-corrected chi connectivity index (χ1v) is 8.77. The van der Waals surface area contributed by atoms with E-state index in [0.717, 1.165) is 43.7 Å². The number of nitrogens with one attached hydrogen (secondary N) is 2. The smallest absolute Gasteiger partial charge is 0.227 e. The number of carbonyl (C=O) groups is 1. The topological polar surface area (TPSA) is 79.8 Å². The Morgan fingerprint density at radius 1 is 1.29 bits per heavy atom. The molecule has 1 aromatic rings. The minimum Gasteiger partial charge on any atom is -0.488 e. The summed E-state index contributed by atoms with van der Waals surface area (Å²) in [5, 5.41) is 16.0. The van der Waals surface area contributed by atoms with Crippen molar-refractivity contribution in [2.45, 2.75) is 50.4 Å². The number of hydrogen-bond acceptors (Lipinski definition) is 5. The average Bonchev–Trinajstić information content (AvgIpc) is 2.59. The van der Waals surface area contributed by atoms with Crippen LogP contribution in [0.5, 0.6) is 5.75 Å². The van der Waals surface area contributed by atoms with Crippen LogP contribution in [0.3, 0.4) is 0 Å². The zero-order chi connectivity index (χ0) is 16.8. The highest BCUT2D eigenvalue weighted by atomic mass is 16.5. The van der Waals surface area contributed by atoms with Crippen LogP contribution < -0.4 is 15.4 Å². The molecule has 24 heavy (non-hydrogen) atoms. The highest BCUT2D eigenvalue weighted by Gasteiger charge is 2.24. The zero-order valence-corrected chi connectivity index (χ0v) is 13.9. The fourth-order valence-corrected chi connectivity index (χ4v) is 3.18. The summed E-state index contributed by atoms with van der Waals surface area (Å²) in [7, 11) is 0. The van der Waals surface area contributed by atoms with Crippen LogP contribution in [0.15, 0.2) is 24.3 Å². The number of hydrogen-bond donors (Lipinski definition) is 3. The van der Waals surface area contributed by atoms with Gasteiger partial charge >= 0.3 is 0 Å². The van der Waals surface area contributed by atoms with E-state index >= 15 is 0 Å². The van der Waals surface area contributed by atoms with Crippen molar-refractivity contribution in [2.24, 2.45) is 0 Å². The van der Waals surface area contributed by atoms with Crippen LogP contribution >= 0.6 is 0 Å². The van der Waals surface area contributed by atoms with E-state index in [1.165, 1.54) is 0 Å². The molecule has 6 nitrogen and oxygen atoms in total. The van der Waals surface area contributed by atoms with Gasteiger partial charge < -0.3 is 25.2 Å². The lowest BCUT2D eigenvalue weighted by atomic mass is 9.95. The van der Waals surface area contributed by atoms with Crippen LogP contribution in [-0.2, 0) is 9.53 Å². The number of aliphatic hydroxyl groups excluding tert-OH is 1. The van der Waals surface area contributed by atoms with E-state index in [1.807, 2.05) is 24.3 Å². The van der Waals surface area contributed by atoms with Gasteiger partial charge in [-0.15, -0.1) is 0 Å². The molecule has 0 radical (unpaired) electrons. The number of benzene rings is 1. The Bertz CT molecular complexity index is 528. The second-order valence-corrected chi connectivity index (χ2v) is 6.48. The lowest BCUT2D eigenvalue weighted by molar-refractivity contribution is -0.119. The first kappa shape index (κ1) is 17.2. The number of carbonyl (C=O) groups excluding carboxylic acids is 1. The van der Waals surface area contributed by atoms with Crippen molar-refractivity contribution in [3.05, 3.63) is 24.3 Å². The van der Waals surface area contributed by atoms with Crippen molar-refractivity contribution < 1.29 is 19.4 Å². The molecule has 2 fully saturated rings. The van der Waals surface area contributed by atoms with Crippen molar-refractivity contribution in [1.29, 1.82) is 0 Å². The van der Waals surface area contributed by atoms with Crippen molar-refractivity contribution in [3.8, 4) is 5.75 Å². The van der Waals surface area contributed by atoms with Crippen molar-refractivity contribution >= 4 is 11.6 Å². The first-order valence-electron chi connectivity index (χ1n) is 8.77.